The zero-order chi connectivity index (χ0) is 10.7. The van der Waals surface area contributed by atoms with Gasteiger partial charge in [-0.1, -0.05) is 26.8 Å². The van der Waals surface area contributed by atoms with Crippen molar-refractivity contribution < 1.29 is 10.2 Å². The molecule has 78 valence electrons. The lowest BCUT2D eigenvalue weighted by Crippen LogP contribution is -2.00. The summed E-state index contributed by atoms with van der Waals surface area (Å²) in [4.78, 5) is 0. The number of phenolic OH excluding ortho intramolecular Hbond substituents is 1. The molecular weight excluding hydrogens is 176 g/mol. The second-order valence-electron chi connectivity index (χ2n) is 4.10. The van der Waals surface area contributed by atoms with Crippen molar-refractivity contribution in [3.05, 3.63) is 29.3 Å². The standard InChI is InChI=1S/C12H18O2/c1-8(2)10-4-11(9(3)7-13)6-12(14)5-10/h4-6,8-9,13-14H,7H2,1-3H3. The van der Waals surface area contributed by atoms with Crippen molar-refractivity contribution in [2.45, 2.75) is 32.6 Å². The van der Waals surface area contributed by atoms with E-state index >= 15 is 0 Å². The van der Waals surface area contributed by atoms with Crippen molar-refractivity contribution in [3.8, 4) is 5.75 Å². The summed E-state index contributed by atoms with van der Waals surface area (Å²) >= 11 is 0. The number of hydrogen-bond acceptors (Lipinski definition) is 2. The van der Waals surface area contributed by atoms with Gasteiger partial charge in [-0.3, -0.25) is 0 Å². The lowest BCUT2D eigenvalue weighted by atomic mass is 9.95. The van der Waals surface area contributed by atoms with Gasteiger partial charge in [0.2, 0.25) is 0 Å². The topological polar surface area (TPSA) is 40.5 Å². The van der Waals surface area contributed by atoms with Crippen molar-refractivity contribution >= 4 is 0 Å². The van der Waals surface area contributed by atoms with Crippen molar-refractivity contribution in [2.24, 2.45) is 0 Å². The summed E-state index contributed by atoms with van der Waals surface area (Å²) < 4.78 is 0. The van der Waals surface area contributed by atoms with Crippen LogP contribution in [0.1, 0.15) is 43.7 Å². The fraction of sp³-hybridized carbons (Fsp3) is 0.500. The third-order valence-electron chi connectivity index (χ3n) is 2.47. The minimum atomic E-state index is 0.0830. The molecule has 0 saturated heterocycles. The first-order valence-corrected chi connectivity index (χ1v) is 4.99. The number of rotatable bonds is 3. The van der Waals surface area contributed by atoms with Crippen LogP contribution >= 0.6 is 0 Å². The van der Waals surface area contributed by atoms with Crippen molar-refractivity contribution in [1.82, 2.24) is 0 Å². The van der Waals surface area contributed by atoms with Crippen molar-refractivity contribution in [2.75, 3.05) is 6.61 Å². The molecule has 0 spiro atoms. The van der Waals surface area contributed by atoms with Crippen LogP contribution in [0.2, 0.25) is 0 Å². The van der Waals surface area contributed by atoms with E-state index in [0.29, 0.717) is 5.92 Å². The Morgan fingerprint density at radius 2 is 1.64 bits per heavy atom. The van der Waals surface area contributed by atoms with E-state index < -0.39 is 0 Å². The summed E-state index contributed by atoms with van der Waals surface area (Å²) in [5, 5.41) is 18.5. The van der Waals surface area contributed by atoms with E-state index in [1.807, 2.05) is 13.0 Å². The fourth-order valence-electron chi connectivity index (χ4n) is 1.38. The molecule has 1 unspecified atom stereocenters. The van der Waals surface area contributed by atoms with Crippen LogP contribution in [0, 0.1) is 0 Å². The monoisotopic (exact) mass is 194 g/mol. The Labute approximate surface area is 85.2 Å². The van der Waals surface area contributed by atoms with Crippen LogP contribution in [0.25, 0.3) is 0 Å². The Morgan fingerprint density at radius 3 is 2.14 bits per heavy atom. The summed E-state index contributed by atoms with van der Waals surface area (Å²) in [6.07, 6.45) is 0. The normalized spacial score (nSPS) is 13.2. The number of aromatic hydroxyl groups is 1. The van der Waals surface area contributed by atoms with E-state index in [1.54, 1.807) is 12.1 Å². The molecule has 0 heterocycles. The average Bonchev–Trinajstić information content (AvgIpc) is 2.15. The molecule has 0 amide bonds. The Morgan fingerprint density at radius 1 is 1.07 bits per heavy atom. The zero-order valence-electron chi connectivity index (χ0n) is 8.99. The first-order valence-electron chi connectivity index (χ1n) is 4.99. The van der Waals surface area contributed by atoms with Gasteiger partial charge in [0, 0.05) is 12.5 Å². The van der Waals surface area contributed by atoms with Gasteiger partial charge in [0.25, 0.3) is 0 Å². The Hall–Kier alpha value is -1.02. The highest BCUT2D eigenvalue weighted by atomic mass is 16.3. The molecule has 0 aromatic heterocycles. The summed E-state index contributed by atoms with van der Waals surface area (Å²) in [5.74, 6) is 0.762. The van der Waals surface area contributed by atoms with E-state index in [1.165, 1.54) is 0 Å². The first kappa shape index (κ1) is 11.1. The average molecular weight is 194 g/mol. The Balaban J connectivity index is 3.07. The summed E-state index contributed by atoms with van der Waals surface area (Å²) in [6, 6.07) is 5.54. The number of hydrogen-bond donors (Lipinski definition) is 2. The number of benzene rings is 1. The third kappa shape index (κ3) is 2.48. The second-order valence-corrected chi connectivity index (χ2v) is 4.10. The van der Waals surface area contributed by atoms with E-state index in [9.17, 15) is 5.11 Å². The van der Waals surface area contributed by atoms with Crippen LogP contribution in [-0.2, 0) is 0 Å². The molecule has 2 N–H and O–H groups in total. The van der Waals surface area contributed by atoms with Gasteiger partial charge in [-0.2, -0.15) is 0 Å². The third-order valence-corrected chi connectivity index (χ3v) is 2.47. The molecule has 14 heavy (non-hydrogen) atoms. The van der Waals surface area contributed by atoms with Gasteiger partial charge in [0.15, 0.2) is 0 Å². The molecule has 1 aromatic carbocycles. The van der Waals surface area contributed by atoms with Gasteiger partial charge in [-0.15, -0.1) is 0 Å². The molecule has 0 radical (unpaired) electrons. The van der Waals surface area contributed by atoms with Gasteiger partial charge >= 0.3 is 0 Å². The summed E-state index contributed by atoms with van der Waals surface area (Å²) in [5.41, 5.74) is 2.11. The molecule has 1 atom stereocenters. The maximum atomic E-state index is 9.51. The highest BCUT2D eigenvalue weighted by Gasteiger charge is 2.08. The Bertz CT molecular complexity index is 305. The van der Waals surface area contributed by atoms with E-state index in [4.69, 9.17) is 5.11 Å². The predicted molar refractivity (Wildman–Crippen MR) is 57.7 cm³/mol. The van der Waals surface area contributed by atoms with Crippen LogP contribution < -0.4 is 0 Å². The molecule has 0 saturated carbocycles. The van der Waals surface area contributed by atoms with Gasteiger partial charge in [-0.25, -0.2) is 0 Å². The molecule has 2 heteroatoms. The van der Waals surface area contributed by atoms with Crippen LogP contribution in [0.15, 0.2) is 18.2 Å². The smallest absolute Gasteiger partial charge is 0.116 e. The summed E-state index contributed by atoms with van der Waals surface area (Å²) in [7, 11) is 0. The zero-order valence-corrected chi connectivity index (χ0v) is 8.99. The summed E-state index contributed by atoms with van der Waals surface area (Å²) in [6.45, 7) is 6.23. The van der Waals surface area contributed by atoms with Gasteiger partial charge in [0.1, 0.15) is 5.75 Å². The van der Waals surface area contributed by atoms with Gasteiger partial charge in [0.05, 0.1) is 0 Å². The predicted octanol–water partition coefficient (Wildman–Crippen LogP) is 2.61. The fourth-order valence-corrected chi connectivity index (χ4v) is 1.38. The number of aliphatic hydroxyl groups excluding tert-OH is 1. The minimum Gasteiger partial charge on any atom is -0.508 e. The lowest BCUT2D eigenvalue weighted by Gasteiger charge is -2.13. The van der Waals surface area contributed by atoms with Gasteiger partial charge < -0.3 is 10.2 Å². The molecule has 0 aliphatic carbocycles. The van der Waals surface area contributed by atoms with Crippen molar-refractivity contribution in [3.63, 3.8) is 0 Å². The molecule has 1 aromatic rings. The van der Waals surface area contributed by atoms with E-state index in [0.717, 1.165) is 11.1 Å². The van der Waals surface area contributed by atoms with Crippen molar-refractivity contribution in [1.29, 1.82) is 0 Å². The largest absolute Gasteiger partial charge is 0.508 e. The maximum absolute atomic E-state index is 9.51. The first-order chi connectivity index (χ1) is 6.54. The quantitative estimate of drug-likeness (QED) is 0.776. The van der Waals surface area contributed by atoms with Gasteiger partial charge in [-0.05, 0) is 29.2 Å². The Kier molecular flexibility index (Phi) is 3.53. The van der Waals surface area contributed by atoms with Crippen LogP contribution in [-0.4, -0.2) is 16.8 Å². The molecule has 1 rings (SSSR count). The number of phenols is 1. The molecule has 0 fully saturated rings. The highest BCUT2D eigenvalue weighted by molar-refractivity contribution is 5.36. The van der Waals surface area contributed by atoms with E-state index in [2.05, 4.69) is 13.8 Å². The highest BCUT2D eigenvalue weighted by Crippen LogP contribution is 2.26. The number of aliphatic hydroxyl groups is 1. The van der Waals surface area contributed by atoms with Crippen LogP contribution in [0.5, 0.6) is 5.75 Å². The molecule has 0 aliphatic heterocycles. The SMILES string of the molecule is CC(C)c1cc(O)cc(C(C)CO)c1. The molecule has 0 bridgehead atoms. The molecular formula is C12H18O2. The molecule has 2 nitrogen and oxygen atoms in total. The minimum absolute atomic E-state index is 0.0830. The molecule has 0 aliphatic rings. The second kappa shape index (κ2) is 4.47. The maximum Gasteiger partial charge on any atom is 0.116 e. The van der Waals surface area contributed by atoms with E-state index in [-0.39, 0.29) is 18.3 Å². The van der Waals surface area contributed by atoms with Crippen LogP contribution in [0.3, 0.4) is 0 Å². The lowest BCUT2D eigenvalue weighted by molar-refractivity contribution is 0.273. The van der Waals surface area contributed by atoms with Crippen LogP contribution in [0.4, 0.5) is 0 Å².